The molecule has 0 atom stereocenters. The molecule has 12 heteroatoms. The van der Waals surface area contributed by atoms with Gasteiger partial charge in [-0.2, -0.15) is 5.12 Å². The number of alkyl carbamates (subject to hydrolysis) is 1. The van der Waals surface area contributed by atoms with Gasteiger partial charge in [-0.25, -0.2) is 35.3 Å². The van der Waals surface area contributed by atoms with Crippen molar-refractivity contribution in [2.75, 3.05) is 33.4 Å². The SMILES string of the molecule is CCNC(=O)NN(N)C(=O)N(CCCCNC(=O)OC)C(=O)OCC. The molecule has 6 amide bonds. The Hall–Kier alpha value is -2.76. The molecule has 0 unspecified atom stereocenters. The van der Waals surface area contributed by atoms with E-state index in [0.29, 0.717) is 31.0 Å². The molecule has 0 bridgehead atoms. The summed E-state index contributed by atoms with van der Waals surface area (Å²) < 4.78 is 9.22. The molecule has 0 saturated heterocycles. The maximum Gasteiger partial charge on any atom is 0.418 e. The number of methoxy groups -OCH3 is 1. The summed E-state index contributed by atoms with van der Waals surface area (Å²) in [5, 5.41) is 5.26. The first kappa shape index (κ1) is 22.2. The van der Waals surface area contributed by atoms with E-state index >= 15 is 0 Å². The second-order valence-corrected chi connectivity index (χ2v) is 4.60. The van der Waals surface area contributed by atoms with Gasteiger partial charge in [-0.3, -0.25) is 0 Å². The Morgan fingerprint density at radius 3 is 2.32 bits per heavy atom. The standard InChI is InChI=1S/C13H26N6O6/c1-4-15-10(20)17-19(14)12(22)18(13(23)25-5-2)9-7-6-8-16-11(21)24-3/h4-9,14H2,1-3H3,(H,16,21)(H2,15,17,20). The van der Waals surface area contributed by atoms with Gasteiger partial charge >= 0.3 is 24.2 Å². The fraction of sp³-hybridized carbons (Fsp3) is 0.692. The van der Waals surface area contributed by atoms with Crippen LogP contribution < -0.4 is 21.9 Å². The molecule has 0 fully saturated rings. The van der Waals surface area contributed by atoms with Gasteiger partial charge in [0.1, 0.15) is 0 Å². The quantitative estimate of drug-likeness (QED) is 0.217. The number of rotatable bonds is 7. The fourth-order valence-electron chi connectivity index (χ4n) is 1.61. The average Bonchev–Trinajstić information content (AvgIpc) is 2.57. The third kappa shape index (κ3) is 9.20. The Balaban J connectivity index is 4.59. The lowest BCUT2D eigenvalue weighted by molar-refractivity contribution is 0.0942. The van der Waals surface area contributed by atoms with Gasteiger partial charge in [0.2, 0.25) is 0 Å². The summed E-state index contributed by atoms with van der Waals surface area (Å²) >= 11 is 0. The number of nitrogens with one attached hydrogen (secondary N) is 3. The smallest absolute Gasteiger partial charge is 0.418 e. The van der Waals surface area contributed by atoms with Crippen molar-refractivity contribution >= 4 is 24.2 Å². The van der Waals surface area contributed by atoms with Gasteiger partial charge < -0.3 is 20.1 Å². The average molecular weight is 362 g/mol. The van der Waals surface area contributed by atoms with E-state index in [-0.39, 0.29) is 13.2 Å². The number of unbranched alkanes of at least 4 members (excludes halogenated alkanes) is 1. The number of urea groups is 2. The lowest BCUT2D eigenvalue weighted by Crippen LogP contribution is -2.59. The number of carbonyl (C=O) groups excluding carboxylic acids is 4. The summed E-state index contributed by atoms with van der Waals surface area (Å²) in [6, 6.07) is -1.64. The molecule has 144 valence electrons. The highest BCUT2D eigenvalue weighted by molar-refractivity contribution is 5.91. The van der Waals surface area contributed by atoms with Crippen molar-refractivity contribution in [2.24, 2.45) is 5.84 Å². The normalized spacial score (nSPS) is 9.60. The highest BCUT2D eigenvalue weighted by Gasteiger charge is 2.27. The Bertz CT molecular complexity index is 460. The topological polar surface area (TPSA) is 155 Å². The van der Waals surface area contributed by atoms with Crippen molar-refractivity contribution < 1.29 is 28.7 Å². The summed E-state index contributed by atoms with van der Waals surface area (Å²) in [5.74, 6) is 5.46. The van der Waals surface area contributed by atoms with Crippen molar-refractivity contribution in [3.63, 3.8) is 0 Å². The predicted octanol–water partition coefficient (Wildman–Crippen LogP) is 0.111. The van der Waals surface area contributed by atoms with E-state index in [4.69, 9.17) is 10.6 Å². The second kappa shape index (κ2) is 12.6. The molecule has 0 aliphatic carbocycles. The molecule has 0 heterocycles. The van der Waals surface area contributed by atoms with Gasteiger partial charge in [0, 0.05) is 19.6 Å². The molecule has 5 N–H and O–H groups in total. The molecular weight excluding hydrogens is 336 g/mol. The highest BCUT2D eigenvalue weighted by Crippen LogP contribution is 2.02. The number of hydrazine groups is 2. The molecule has 0 saturated carbocycles. The van der Waals surface area contributed by atoms with Crippen LogP contribution in [0.2, 0.25) is 0 Å². The number of imide groups is 1. The van der Waals surface area contributed by atoms with Crippen LogP contribution in [0.1, 0.15) is 26.7 Å². The lowest BCUT2D eigenvalue weighted by atomic mass is 10.3. The molecule has 0 aliphatic rings. The van der Waals surface area contributed by atoms with Crippen LogP contribution in [0, 0.1) is 0 Å². The fourth-order valence-corrected chi connectivity index (χ4v) is 1.61. The largest absolute Gasteiger partial charge is 0.453 e. The first-order valence-electron chi connectivity index (χ1n) is 7.76. The van der Waals surface area contributed by atoms with E-state index in [0.717, 1.165) is 4.90 Å². The number of carbonyl (C=O) groups is 4. The Morgan fingerprint density at radius 1 is 1.08 bits per heavy atom. The number of ether oxygens (including phenoxy) is 2. The van der Waals surface area contributed by atoms with Gasteiger partial charge in [-0.15, -0.1) is 0 Å². The van der Waals surface area contributed by atoms with Crippen LogP contribution in [-0.2, 0) is 9.47 Å². The van der Waals surface area contributed by atoms with Gasteiger partial charge in [0.15, 0.2) is 0 Å². The molecule has 0 spiro atoms. The van der Waals surface area contributed by atoms with Gasteiger partial charge in [-0.1, -0.05) is 0 Å². The first-order valence-corrected chi connectivity index (χ1v) is 7.76. The van der Waals surface area contributed by atoms with Gasteiger partial charge in [-0.05, 0) is 26.7 Å². The monoisotopic (exact) mass is 362 g/mol. The van der Waals surface area contributed by atoms with Crippen molar-refractivity contribution in [3.05, 3.63) is 0 Å². The van der Waals surface area contributed by atoms with E-state index in [2.05, 4.69) is 20.8 Å². The molecular formula is C13H26N6O6. The maximum atomic E-state index is 12.2. The second-order valence-electron chi connectivity index (χ2n) is 4.60. The number of hydrogen-bond donors (Lipinski definition) is 4. The van der Waals surface area contributed by atoms with Crippen LogP contribution in [0.15, 0.2) is 0 Å². The van der Waals surface area contributed by atoms with Gasteiger partial charge in [0.25, 0.3) is 0 Å². The highest BCUT2D eigenvalue weighted by atomic mass is 16.6. The zero-order valence-corrected chi connectivity index (χ0v) is 14.7. The summed E-state index contributed by atoms with van der Waals surface area (Å²) in [6.45, 7) is 3.99. The zero-order valence-electron chi connectivity index (χ0n) is 14.7. The minimum Gasteiger partial charge on any atom is -0.453 e. The Labute approximate surface area is 145 Å². The predicted molar refractivity (Wildman–Crippen MR) is 87.0 cm³/mol. The molecule has 0 radical (unpaired) electrons. The minimum absolute atomic E-state index is 0.00863. The zero-order chi connectivity index (χ0) is 19.2. The van der Waals surface area contributed by atoms with E-state index in [9.17, 15) is 19.2 Å². The number of nitrogens with zero attached hydrogens (tertiary/aromatic N) is 2. The molecule has 0 aromatic heterocycles. The molecule has 0 aromatic carbocycles. The van der Waals surface area contributed by atoms with Crippen molar-refractivity contribution in [2.45, 2.75) is 26.7 Å². The first-order chi connectivity index (χ1) is 11.9. The summed E-state index contributed by atoms with van der Waals surface area (Å²) in [7, 11) is 1.24. The summed E-state index contributed by atoms with van der Waals surface area (Å²) in [6.07, 6.45) is -0.602. The van der Waals surface area contributed by atoms with Crippen LogP contribution in [0.25, 0.3) is 0 Å². The van der Waals surface area contributed by atoms with Crippen molar-refractivity contribution in [1.29, 1.82) is 0 Å². The third-order valence-corrected chi connectivity index (χ3v) is 2.75. The molecule has 0 rings (SSSR count). The maximum absolute atomic E-state index is 12.2. The van der Waals surface area contributed by atoms with E-state index in [1.165, 1.54) is 7.11 Å². The summed E-state index contributed by atoms with van der Waals surface area (Å²) in [5.41, 5.74) is 2.07. The number of amides is 6. The van der Waals surface area contributed by atoms with E-state index < -0.39 is 24.2 Å². The van der Waals surface area contributed by atoms with Crippen LogP contribution in [0.5, 0.6) is 0 Å². The Kier molecular flexibility index (Phi) is 11.2. The van der Waals surface area contributed by atoms with E-state index in [1.54, 1.807) is 13.8 Å². The van der Waals surface area contributed by atoms with Crippen LogP contribution >= 0.6 is 0 Å². The summed E-state index contributed by atoms with van der Waals surface area (Å²) in [4.78, 5) is 47.2. The van der Waals surface area contributed by atoms with Gasteiger partial charge in [0.05, 0.1) is 13.7 Å². The van der Waals surface area contributed by atoms with Crippen molar-refractivity contribution in [1.82, 2.24) is 26.1 Å². The number of nitrogens with two attached hydrogens (primary N) is 1. The van der Waals surface area contributed by atoms with Crippen molar-refractivity contribution in [3.8, 4) is 0 Å². The van der Waals surface area contributed by atoms with Crippen LogP contribution in [0.4, 0.5) is 19.2 Å². The van der Waals surface area contributed by atoms with Crippen LogP contribution in [0.3, 0.4) is 0 Å². The third-order valence-electron chi connectivity index (χ3n) is 2.75. The number of hydrogen-bond acceptors (Lipinski definition) is 7. The van der Waals surface area contributed by atoms with E-state index in [1.807, 2.05) is 0 Å². The Morgan fingerprint density at radius 2 is 1.76 bits per heavy atom. The molecule has 12 nitrogen and oxygen atoms in total. The molecule has 0 aromatic rings. The minimum atomic E-state index is -0.953. The van der Waals surface area contributed by atoms with Crippen LogP contribution in [-0.4, -0.2) is 67.6 Å². The molecule has 0 aliphatic heterocycles. The molecule has 25 heavy (non-hydrogen) atoms. The lowest BCUT2D eigenvalue weighted by Gasteiger charge is -2.25.